The minimum absolute atomic E-state index is 0.450. The topological polar surface area (TPSA) is 21.7 Å². The Morgan fingerprint density at radius 3 is 2.37 bits per heavy atom. The van der Waals surface area contributed by atoms with Gasteiger partial charge in [-0.2, -0.15) is 8.78 Å². The van der Waals surface area contributed by atoms with E-state index in [9.17, 15) is 22.0 Å². The molecule has 1 unspecified atom stereocenters. The summed E-state index contributed by atoms with van der Waals surface area (Å²) in [6.45, 7) is -1.44. The average molecular weight is 431 g/mol. The predicted octanol–water partition coefficient (Wildman–Crippen LogP) is 5.02. The van der Waals surface area contributed by atoms with Gasteiger partial charge in [0.2, 0.25) is 0 Å². The molecule has 1 aliphatic rings. The van der Waals surface area contributed by atoms with E-state index in [1.165, 1.54) is 23.5 Å². The number of alkyl halides is 5. The minimum atomic E-state index is -4.67. The number of nitrogens with zero attached hydrogens (tertiary/aromatic N) is 1. The van der Waals surface area contributed by atoms with Gasteiger partial charge in [-0.3, -0.25) is 4.74 Å². The van der Waals surface area contributed by atoms with Crippen LogP contribution in [-0.4, -0.2) is 56.1 Å². The molecule has 0 amide bonds. The van der Waals surface area contributed by atoms with Crippen LogP contribution in [0, 0.1) is 0 Å². The molecule has 1 aromatic carbocycles. The first kappa shape index (κ1) is 22.7. The molecule has 1 atom stereocenters. The van der Waals surface area contributed by atoms with Gasteiger partial charge in [-0.1, -0.05) is 0 Å². The number of rotatable bonds is 9. The fourth-order valence-corrected chi connectivity index (χ4v) is 4.35. The Morgan fingerprint density at radius 2 is 1.78 bits per heavy atom. The zero-order valence-corrected chi connectivity index (χ0v) is 16.7. The largest absolute Gasteiger partial charge is 0.522 e. The highest BCUT2D eigenvalue weighted by Gasteiger charge is 2.29. The van der Waals surface area contributed by atoms with Gasteiger partial charge in [0.15, 0.2) is 0 Å². The lowest BCUT2D eigenvalue weighted by Gasteiger charge is -2.19. The van der Waals surface area contributed by atoms with E-state index in [2.05, 4.69) is 14.4 Å². The van der Waals surface area contributed by atoms with Crippen molar-refractivity contribution in [3.05, 3.63) is 23.3 Å². The smallest absolute Gasteiger partial charge is 0.318 e. The van der Waals surface area contributed by atoms with Gasteiger partial charge in [0.25, 0.3) is 0 Å². The summed E-state index contributed by atoms with van der Waals surface area (Å²) in [5, 5.41) is 0. The second-order valence-corrected chi connectivity index (χ2v) is 7.76. The molecule has 0 aliphatic carbocycles. The maximum Gasteiger partial charge on any atom is 0.522 e. The Bertz CT molecular complexity index is 616. The first-order chi connectivity index (χ1) is 12.7. The van der Waals surface area contributed by atoms with Crippen molar-refractivity contribution in [2.75, 3.05) is 32.1 Å². The average Bonchev–Trinajstić information content (AvgIpc) is 3.03. The molecule has 27 heavy (non-hydrogen) atoms. The number of hydrogen-bond acceptors (Lipinski definition) is 5. The van der Waals surface area contributed by atoms with Crippen LogP contribution in [0.2, 0.25) is 0 Å². The quantitative estimate of drug-likeness (QED) is 0.403. The highest BCUT2D eigenvalue weighted by Crippen LogP contribution is 2.32. The van der Waals surface area contributed by atoms with E-state index in [-0.39, 0.29) is 0 Å². The van der Waals surface area contributed by atoms with E-state index in [0.29, 0.717) is 38.0 Å². The number of halogens is 5. The molecule has 1 saturated heterocycles. The van der Waals surface area contributed by atoms with Crippen LogP contribution in [0.25, 0.3) is 0 Å². The van der Waals surface area contributed by atoms with Crippen molar-refractivity contribution >= 4 is 23.5 Å². The second-order valence-electron chi connectivity index (χ2n) is 6.07. The van der Waals surface area contributed by atoms with Crippen LogP contribution in [0.15, 0.2) is 21.9 Å². The lowest BCUT2D eigenvalue weighted by Crippen LogP contribution is -2.26. The van der Waals surface area contributed by atoms with E-state index in [4.69, 9.17) is 0 Å². The molecular formula is C17H22F5NO2S2. The minimum Gasteiger partial charge on any atom is -0.318 e. The molecule has 10 heteroatoms. The van der Waals surface area contributed by atoms with Gasteiger partial charge in [0.1, 0.15) is 0 Å². The summed E-state index contributed by atoms with van der Waals surface area (Å²) < 4.78 is 70.2. The molecule has 154 valence electrons. The molecule has 0 N–H and O–H groups in total. The summed E-state index contributed by atoms with van der Waals surface area (Å²) >= 11 is 2.84. The fourth-order valence-electron chi connectivity index (χ4n) is 3.03. The highest BCUT2D eigenvalue weighted by atomic mass is 32.2. The zero-order valence-electron chi connectivity index (χ0n) is 15.0. The first-order valence-corrected chi connectivity index (χ1v) is 10.8. The van der Waals surface area contributed by atoms with Crippen LogP contribution in [-0.2, 0) is 22.5 Å². The van der Waals surface area contributed by atoms with Crippen molar-refractivity contribution < 1.29 is 31.4 Å². The number of hydrogen-bond donors (Lipinski definition) is 0. The molecule has 1 heterocycles. The van der Waals surface area contributed by atoms with Crippen molar-refractivity contribution in [2.24, 2.45) is 0 Å². The standard InChI is InChI=1S/C17H22F5NO2S2/c1-26-14-8-12(10-24-17(20,21)22)15(27-2)7-11(14)3-5-23-6-4-13(9-23)25-16(18)19/h7-8,13,16H,3-6,9-10H2,1-2H3. The van der Waals surface area contributed by atoms with Crippen molar-refractivity contribution in [1.82, 2.24) is 4.90 Å². The van der Waals surface area contributed by atoms with E-state index >= 15 is 0 Å². The molecule has 0 saturated carbocycles. The van der Waals surface area contributed by atoms with Gasteiger partial charge in [-0.15, -0.1) is 36.7 Å². The molecule has 2 rings (SSSR count). The lowest BCUT2D eigenvalue weighted by atomic mass is 10.1. The lowest BCUT2D eigenvalue weighted by molar-refractivity contribution is -0.330. The number of ether oxygens (including phenoxy) is 2. The Labute approximate surface area is 164 Å². The summed E-state index contributed by atoms with van der Waals surface area (Å²) in [5.74, 6) is 0. The van der Waals surface area contributed by atoms with Crippen LogP contribution in [0.4, 0.5) is 22.0 Å². The predicted molar refractivity (Wildman–Crippen MR) is 96.5 cm³/mol. The number of benzene rings is 1. The van der Waals surface area contributed by atoms with Gasteiger partial charge >= 0.3 is 13.0 Å². The molecule has 0 bridgehead atoms. The third kappa shape index (κ3) is 7.41. The van der Waals surface area contributed by atoms with E-state index in [0.717, 1.165) is 15.4 Å². The highest BCUT2D eigenvalue weighted by molar-refractivity contribution is 7.99. The molecule has 0 radical (unpaired) electrons. The third-order valence-corrected chi connectivity index (χ3v) is 5.94. The molecule has 1 fully saturated rings. The zero-order chi connectivity index (χ0) is 20.0. The summed E-state index contributed by atoms with van der Waals surface area (Å²) in [7, 11) is 0. The van der Waals surface area contributed by atoms with Crippen LogP contribution in [0.5, 0.6) is 0 Å². The van der Waals surface area contributed by atoms with Crippen LogP contribution in [0.1, 0.15) is 17.5 Å². The van der Waals surface area contributed by atoms with Crippen molar-refractivity contribution in [3.63, 3.8) is 0 Å². The van der Waals surface area contributed by atoms with E-state index in [1.54, 1.807) is 6.07 Å². The monoisotopic (exact) mass is 431 g/mol. The SMILES string of the molecule is CSc1cc(COC(F)(F)F)c(SC)cc1CCN1CCC(OC(F)F)C1. The van der Waals surface area contributed by atoms with Crippen molar-refractivity contribution in [2.45, 2.75) is 48.3 Å². The van der Waals surface area contributed by atoms with E-state index < -0.39 is 25.7 Å². The summed E-state index contributed by atoms with van der Waals surface area (Å²) in [5.41, 5.74) is 1.53. The number of likely N-dealkylation sites (tertiary alicyclic amines) is 1. The van der Waals surface area contributed by atoms with Crippen molar-refractivity contribution in [3.8, 4) is 0 Å². The maximum absolute atomic E-state index is 12.3. The Hall–Kier alpha value is -0.550. The normalized spacial score (nSPS) is 18.6. The van der Waals surface area contributed by atoms with Crippen LogP contribution in [0.3, 0.4) is 0 Å². The van der Waals surface area contributed by atoms with Gasteiger partial charge in [-0.05, 0) is 48.6 Å². The molecule has 3 nitrogen and oxygen atoms in total. The molecule has 0 aromatic heterocycles. The Morgan fingerprint density at radius 1 is 1.15 bits per heavy atom. The summed E-state index contributed by atoms with van der Waals surface area (Å²) in [6.07, 6.45) is -0.181. The second kappa shape index (κ2) is 10.3. The van der Waals surface area contributed by atoms with Gasteiger partial charge < -0.3 is 9.64 Å². The van der Waals surface area contributed by atoms with Gasteiger partial charge in [0, 0.05) is 29.4 Å². The molecule has 1 aliphatic heterocycles. The van der Waals surface area contributed by atoms with Crippen LogP contribution >= 0.6 is 23.5 Å². The Kier molecular flexibility index (Phi) is 8.67. The maximum atomic E-state index is 12.3. The Balaban J connectivity index is 2.02. The van der Waals surface area contributed by atoms with Crippen LogP contribution < -0.4 is 0 Å². The number of thioether (sulfide) groups is 2. The fraction of sp³-hybridized carbons (Fsp3) is 0.647. The van der Waals surface area contributed by atoms with E-state index in [1.807, 2.05) is 18.6 Å². The third-order valence-electron chi connectivity index (χ3n) is 4.30. The summed E-state index contributed by atoms with van der Waals surface area (Å²) in [6, 6.07) is 3.64. The van der Waals surface area contributed by atoms with Gasteiger partial charge in [0.05, 0.1) is 12.7 Å². The first-order valence-electron chi connectivity index (χ1n) is 8.32. The van der Waals surface area contributed by atoms with Crippen molar-refractivity contribution in [1.29, 1.82) is 0 Å². The molecular weight excluding hydrogens is 409 g/mol. The molecule has 1 aromatic rings. The molecule has 0 spiro atoms. The summed E-state index contributed by atoms with van der Waals surface area (Å²) in [4.78, 5) is 3.71. The van der Waals surface area contributed by atoms with Gasteiger partial charge in [-0.25, -0.2) is 0 Å².